The quantitative estimate of drug-likeness (QED) is 0.486. The van der Waals surface area contributed by atoms with Crippen LogP contribution in [0.5, 0.6) is 0 Å². The highest BCUT2D eigenvalue weighted by Crippen LogP contribution is 2.21. The largest absolute Gasteiger partial charge is 0.454 e. The first-order valence-corrected chi connectivity index (χ1v) is 11.4. The Morgan fingerprint density at radius 1 is 1.16 bits per heavy atom. The summed E-state index contributed by atoms with van der Waals surface area (Å²) >= 11 is 5.76. The van der Waals surface area contributed by atoms with Crippen LogP contribution in [0.2, 0.25) is 5.02 Å². The van der Waals surface area contributed by atoms with Gasteiger partial charge in [0.2, 0.25) is 10.0 Å². The van der Waals surface area contributed by atoms with Gasteiger partial charge in [-0.25, -0.2) is 8.42 Å². The maximum absolute atomic E-state index is 12.5. The molecule has 2 rings (SSSR count). The number of carbonyl (C=O) groups is 2. The van der Waals surface area contributed by atoms with Crippen LogP contribution in [0.25, 0.3) is 0 Å². The van der Waals surface area contributed by atoms with E-state index < -0.39 is 40.7 Å². The van der Waals surface area contributed by atoms with Crippen molar-refractivity contribution in [2.75, 3.05) is 11.9 Å². The molecule has 3 N–H and O–H groups in total. The number of aliphatic hydroxyl groups is 1. The van der Waals surface area contributed by atoms with Crippen LogP contribution in [-0.4, -0.2) is 44.2 Å². The molecule has 168 valence electrons. The molecule has 8 nitrogen and oxygen atoms in total. The number of esters is 1. The summed E-state index contributed by atoms with van der Waals surface area (Å²) in [5.74, 6) is -1.66. The third-order valence-electron chi connectivity index (χ3n) is 4.49. The van der Waals surface area contributed by atoms with Crippen molar-refractivity contribution in [3.8, 4) is 0 Å². The molecule has 0 radical (unpaired) electrons. The van der Waals surface area contributed by atoms with Crippen molar-refractivity contribution in [2.24, 2.45) is 0 Å². The van der Waals surface area contributed by atoms with Crippen LogP contribution in [-0.2, 0) is 30.8 Å². The SMILES string of the molecule is CCc1cccc(C)c1NC(=O)COC(=O)[C@H](NS(=O)(=O)c1ccc(Cl)cc1)[C@@H](C)O. The van der Waals surface area contributed by atoms with Crippen LogP contribution in [0.1, 0.15) is 25.0 Å². The summed E-state index contributed by atoms with van der Waals surface area (Å²) in [7, 11) is -4.14. The number of amides is 1. The van der Waals surface area contributed by atoms with Gasteiger partial charge < -0.3 is 15.2 Å². The van der Waals surface area contributed by atoms with Crippen molar-refractivity contribution in [2.45, 2.75) is 44.2 Å². The summed E-state index contributed by atoms with van der Waals surface area (Å²) in [6, 6.07) is 9.28. The fraction of sp³-hybridized carbons (Fsp3) is 0.333. The molecular weight excluding hydrogens is 444 g/mol. The van der Waals surface area contributed by atoms with Gasteiger partial charge in [0.25, 0.3) is 5.91 Å². The summed E-state index contributed by atoms with van der Waals surface area (Å²) in [5, 5.41) is 12.9. The maximum Gasteiger partial charge on any atom is 0.327 e. The molecular formula is C21H25ClN2O6S. The predicted molar refractivity (Wildman–Crippen MR) is 117 cm³/mol. The molecule has 10 heteroatoms. The van der Waals surface area contributed by atoms with Crippen LogP contribution in [0, 0.1) is 6.92 Å². The topological polar surface area (TPSA) is 122 Å². The number of hydrogen-bond acceptors (Lipinski definition) is 6. The number of benzene rings is 2. The zero-order chi connectivity index (χ0) is 23.2. The number of halogens is 1. The Kier molecular flexibility index (Phi) is 8.58. The van der Waals surface area contributed by atoms with Crippen molar-refractivity contribution in [3.63, 3.8) is 0 Å². The molecule has 0 saturated heterocycles. The molecule has 2 aromatic rings. The first-order chi connectivity index (χ1) is 14.5. The summed E-state index contributed by atoms with van der Waals surface area (Å²) in [4.78, 5) is 24.5. The molecule has 0 saturated carbocycles. The molecule has 0 aromatic heterocycles. The smallest absolute Gasteiger partial charge is 0.327 e. The number of anilines is 1. The number of sulfonamides is 1. The van der Waals surface area contributed by atoms with E-state index in [1.807, 2.05) is 32.0 Å². The van der Waals surface area contributed by atoms with E-state index in [4.69, 9.17) is 16.3 Å². The van der Waals surface area contributed by atoms with Gasteiger partial charge in [0, 0.05) is 10.7 Å². The minimum atomic E-state index is -4.14. The number of aliphatic hydroxyl groups excluding tert-OH is 1. The maximum atomic E-state index is 12.5. The third kappa shape index (κ3) is 6.76. The average Bonchev–Trinajstić information content (AvgIpc) is 2.72. The van der Waals surface area contributed by atoms with E-state index >= 15 is 0 Å². The monoisotopic (exact) mass is 468 g/mol. The van der Waals surface area contributed by atoms with Gasteiger partial charge in [0.05, 0.1) is 11.0 Å². The lowest BCUT2D eigenvalue weighted by Gasteiger charge is -2.20. The van der Waals surface area contributed by atoms with Gasteiger partial charge in [0.15, 0.2) is 6.61 Å². The van der Waals surface area contributed by atoms with Gasteiger partial charge in [-0.15, -0.1) is 0 Å². The zero-order valence-electron chi connectivity index (χ0n) is 17.4. The third-order valence-corrected chi connectivity index (χ3v) is 6.20. The molecule has 0 aliphatic heterocycles. The van der Waals surface area contributed by atoms with Crippen LogP contribution in [0.4, 0.5) is 5.69 Å². The summed E-state index contributed by atoms with van der Waals surface area (Å²) in [6.07, 6.45) is -0.700. The molecule has 0 bridgehead atoms. The fourth-order valence-corrected chi connectivity index (χ4v) is 4.18. The highest BCUT2D eigenvalue weighted by molar-refractivity contribution is 7.89. The number of carbonyl (C=O) groups excluding carboxylic acids is 2. The van der Waals surface area contributed by atoms with Gasteiger partial charge in [-0.2, -0.15) is 4.72 Å². The second-order valence-electron chi connectivity index (χ2n) is 6.91. The summed E-state index contributed by atoms with van der Waals surface area (Å²) in [5.41, 5.74) is 2.43. The zero-order valence-corrected chi connectivity index (χ0v) is 19.0. The second-order valence-corrected chi connectivity index (χ2v) is 9.06. The van der Waals surface area contributed by atoms with E-state index in [1.165, 1.54) is 31.2 Å². The molecule has 2 atom stereocenters. The minimum Gasteiger partial charge on any atom is -0.454 e. The Labute approximate surface area is 186 Å². The van der Waals surface area contributed by atoms with E-state index in [0.29, 0.717) is 17.1 Å². The van der Waals surface area contributed by atoms with Gasteiger partial charge in [-0.05, 0) is 55.7 Å². The van der Waals surface area contributed by atoms with Crippen molar-refractivity contribution in [3.05, 3.63) is 58.6 Å². The highest BCUT2D eigenvalue weighted by Gasteiger charge is 2.31. The van der Waals surface area contributed by atoms with E-state index in [-0.39, 0.29) is 4.90 Å². The van der Waals surface area contributed by atoms with E-state index in [9.17, 15) is 23.1 Å². The number of rotatable bonds is 9. The molecule has 0 unspecified atom stereocenters. The Bertz CT molecular complexity index is 1040. The Morgan fingerprint density at radius 2 is 1.81 bits per heavy atom. The van der Waals surface area contributed by atoms with Crippen LogP contribution in [0.15, 0.2) is 47.4 Å². The summed E-state index contributed by atoms with van der Waals surface area (Å²) < 4.78 is 32.1. The van der Waals surface area contributed by atoms with E-state index in [1.54, 1.807) is 0 Å². The normalized spacial score (nSPS) is 13.3. The standard InChI is InChI=1S/C21H25ClN2O6S/c1-4-15-7-5-6-13(2)19(15)23-18(26)12-30-21(27)20(14(3)25)24-31(28,29)17-10-8-16(22)9-11-17/h5-11,14,20,24-25H,4,12H2,1-3H3,(H,23,26)/t14-,20-/m1/s1. The lowest BCUT2D eigenvalue weighted by molar-refractivity contribution is -0.151. The molecule has 0 aliphatic carbocycles. The molecule has 2 aromatic carbocycles. The number of para-hydroxylation sites is 1. The lowest BCUT2D eigenvalue weighted by atomic mass is 10.1. The number of nitrogens with one attached hydrogen (secondary N) is 2. The first-order valence-electron chi connectivity index (χ1n) is 9.56. The molecule has 0 aliphatic rings. The Balaban J connectivity index is 2.04. The first kappa shape index (κ1) is 24.8. The number of aryl methyl sites for hydroxylation is 2. The molecule has 0 heterocycles. The molecule has 0 fully saturated rings. The van der Waals surface area contributed by atoms with Gasteiger partial charge in [-0.3, -0.25) is 9.59 Å². The number of hydrogen-bond donors (Lipinski definition) is 3. The Morgan fingerprint density at radius 3 is 2.39 bits per heavy atom. The van der Waals surface area contributed by atoms with Gasteiger partial charge in [-0.1, -0.05) is 36.7 Å². The van der Waals surface area contributed by atoms with Crippen molar-refractivity contribution >= 4 is 39.2 Å². The lowest BCUT2D eigenvalue weighted by Crippen LogP contribution is -2.48. The average molecular weight is 469 g/mol. The highest BCUT2D eigenvalue weighted by atomic mass is 35.5. The van der Waals surface area contributed by atoms with E-state index in [2.05, 4.69) is 10.0 Å². The van der Waals surface area contributed by atoms with Crippen molar-refractivity contribution < 1.29 is 27.9 Å². The summed E-state index contributed by atoms with van der Waals surface area (Å²) in [6.45, 7) is 4.39. The van der Waals surface area contributed by atoms with Crippen molar-refractivity contribution in [1.29, 1.82) is 0 Å². The van der Waals surface area contributed by atoms with Crippen LogP contribution < -0.4 is 10.0 Å². The van der Waals surface area contributed by atoms with Gasteiger partial charge in [0.1, 0.15) is 6.04 Å². The molecule has 0 spiro atoms. The van der Waals surface area contributed by atoms with Crippen LogP contribution >= 0.6 is 11.6 Å². The van der Waals surface area contributed by atoms with Crippen LogP contribution in [0.3, 0.4) is 0 Å². The van der Waals surface area contributed by atoms with Gasteiger partial charge >= 0.3 is 5.97 Å². The van der Waals surface area contributed by atoms with Crippen molar-refractivity contribution in [1.82, 2.24) is 4.72 Å². The molecule has 31 heavy (non-hydrogen) atoms. The van der Waals surface area contributed by atoms with E-state index in [0.717, 1.165) is 11.1 Å². The number of ether oxygens (including phenoxy) is 1. The minimum absolute atomic E-state index is 0.139. The Hall–Kier alpha value is -2.46. The fourth-order valence-electron chi connectivity index (χ4n) is 2.80. The predicted octanol–water partition coefficient (Wildman–Crippen LogP) is 2.42. The second kappa shape index (κ2) is 10.7. The molecule has 1 amide bonds.